The normalized spacial score (nSPS) is 10.4. The molecule has 1 N–H and O–H groups in total. The van der Waals surface area contributed by atoms with E-state index in [0.29, 0.717) is 6.54 Å². The Morgan fingerprint density at radius 2 is 2.21 bits per heavy atom. The molecule has 0 unspecified atom stereocenters. The first kappa shape index (κ1) is 13.8. The second-order valence-corrected chi connectivity index (χ2v) is 5.26. The van der Waals surface area contributed by atoms with E-state index in [4.69, 9.17) is 0 Å². The average molecular weight is 322 g/mol. The Morgan fingerprint density at radius 1 is 1.42 bits per heavy atom. The Kier molecular flexibility index (Phi) is 4.74. The van der Waals surface area contributed by atoms with E-state index in [0.717, 1.165) is 28.6 Å². The highest BCUT2D eigenvalue weighted by Crippen LogP contribution is 2.07. The molecule has 1 amide bonds. The summed E-state index contributed by atoms with van der Waals surface area (Å²) in [4.78, 5) is 11.9. The lowest BCUT2D eigenvalue weighted by Gasteiger charge is -2.07. The molecule has 2 aromatic rings. The Morgan fingerprint density at radius 3 is 2.89 bits per heavy atom. The number of carbonyl (C=O) groups excluding carboxylic acids is 1. The molecule has 1 aromatic carbocycles. The number of benzene rings is 1. The third-order valence-corrected chi connectivity index (χ3v) is 3.25. The molecule has 0 atom stereocenters. The van der Waals surface area contributed by atoms with Gasteiger partial charge in [-0.2, -0.15) is 5.10 Å². The molecule has 0 aliphatic rings. The van der Waals surface area contributed by atoms with Gasteiger partial charge in [0.15, 0.2) is 0 Å². The van der Waals surface area contributed by atoms with Gasteiger partial charge in [0.05, 0.1) is 10.7 Å². The van der Waals surface area contributed by atoms with Crippen LogP contribution in [0.3, 0.4) is 0 Å². The van der Waals surface area contributed by atoms with Crippen LogP contribution >= 0.6 is 15.9 Å². The lowest BCUT2D eigenvalue weighted by atomic mass is 10.1. The molecule has 0 aliphatic heterocycles. The lowest BCUT2D eigenvalue weighted by molar-refractivity contribution is 0.0952. The van der Waals surface area contributed by atoms with Gasteiger partial charge in [0, 0.05) is 24.8 Å². The number of halogens is 1. The summed E-state index contributed by atoms with van der Waals surface area (Å²) in [7, 11) is 0. The van der Waals surface area contributed by atoms with E-state index >= 15 is 0 Å². The summed E-state index contributed by atoms with van der Waals surface area (Å²) in [5.74, 6) is -0.0141. The summed E-state index contributed by atoms with van der Waals surface area (Å²) < 4.78 is 2.82. The van der Waals surface area contributed by atoms with Crippen LogP contribution in [0.25, 0.3) is 0 Å². The summed E-state index contributed by atoms with van der Waals surface area (Å²) in [5, 5.41) is 7.09. The van der Waals surface area contributed by atoms with Crippen LogP contribution in [0.15, 0.2) is 41.1 Å². The van der Waals surface area contributed by atoms with E-state index in [1.165, 1.54) is 0 Å². The molecule has 0 saturated heterocycles. The van der Waals surface area contributed by atoms with Crippen molar-refractivity contribution in [2.24, 2.45) is 0 Å². The molecule has 19 heavy (non-hydrogen) atoms. The van der Waals surface area contributed by atoms with Crippen molar-refractivity contribution in [2.45, 2.75) is 19.9 Å². The van der Waals surface area contributed by atoms with Crippen molar-refractivity contribution >= 4 is 21.8 Å². The summed E-state index contributed by atoms with van der Waals surface area (Å²) in [6, 6.07) is 7.59. The monoisotopic (exact) mass is 321 g/mol. The van der Waals surface area contributed by atoms with Crippen molar-refractivity contribution in [1.29, 1.82) is 0 Å². The van der Waals surface area contributed by atoms with Gasteiger partial charge < -0.3 is 5.32 Å². The van der Waals surface area contributed by atoms with Crippen LogP contribution in [0, 0.1) is 6.92 Å². The average Bonchev–Trinajstić information content (AvgIpc) is 2.81. The number of amides is 1. The molecule has 0 bridgehead atoms. The second-order valence-electron chi connectivity index (χ2n) is 4.35. The van der Waals surface area contributed by atoms with Crippen molar-refractivity contribution in [1.82, 2.24) is 15.1 Å². The van der Waals surface area contributed by atoms with E-state index in [-0.39, 0.29) is 5.91 Å². The van der Waals surface area contributed by atoms with Crippen LogP contribution in [-0.2, 0) is 6.54 Å². The second kappa shape index (κ2) is 6.52. The number of hydrogen-bond acceptors (Lipinski definition) is 2. The minimum atomic E-state index is -0.0141. The van der Waals surface area contributed by atoms with E-state index < -0.39 is 0 Å². The summed E-state index contributed by atoms with van der Waals surface area (Å²) in [6.45, 7) is 3.38. The number of aryl methyl sites for hydroxylation is 2. The van der Waals surface area contributed by atoms with Crippen molar-refractivity contribution in [3.63, 3.8) is 0 Å². The van der Waals surface area contributed by atoms with Gasteiger partial charge in [0.1, 0.15) is 0 Å². The quantitative estimate of drug-likeness (QED) is 0.861. The predicted molar refractivity (Wildman–Crippen MR) is 78.1 cm³/mol. The Hall–Kier alpha value is -1.62. The van der Waals surface area contributed by atoms with Crippen LogP contribution in [0.1, 0.15) is 22.3 Å². The first-order chi connectivity index (χ1) is 9.16. The number of rotatable bonds is 5. The molecule has 100 valence electrons. The van der Waals surface area contributed by atoms with E-state index in [9.17, 15) is 4.79 Å². The fourth-order valence-electron chi connectivity index (χ4n) is 1.83. The Balaban J connectivity index is 1.77. The van der Waals surface area contributed by atoms with Crippen molar-refractivity contribution < 1.29 is 4.79 Å². The third kappa shape index (κ3) is 3.92. The summed E-state index contributed by atoms with van der Waals surface area (Å²) >= 11 is 3.35. The molecule has 0 saturated carbocycles. The van der Waals surface area contributed by atoms with Gasteiger partial charge in [-0.25, -0.2) is 0 Å². The highest BCUT2D eigenvalue weighted by molar-refractivity contribution is 9.10. The predicted octanol–water partition coefficient (Wildman–Crippen LogP) is 2.77. The smallest absolute Gasteiger partial charge is 0.251 e. The minimum Gasteiger partial charge on any atom is -0.352 e. The maximum atomic E-state index is 11.9. The largest absolute Gasteiger partial charge is 0.352 e. The van der Waals surface area contributed by atoms with E-state index in [2.05, 4.69) is 26.3 Å². The highest BCUT2D eigenvalue weighted by atomic mass is 79.9. The van der Waals surface area contributed by atoms with Gasteiger partial charge in [-0.15, -0.1) is 0 Å². The van der Waals surface area contributed by atoms with Crippen LogP contribution in [0.4, 0.5) is 0 Å². The van der Waals surface area contributed by atoms with Gasteiger partial charge in [0.25, 0.3) is 5.91 Å². The number of nitrogens with one attached hydrogen (secondary N) is 1. The molecule has 0 spiro atoms. The fourth-order valence-corrected chi connectivity index (χ4v) is 2.15. The number of nitrogens with zero attached hydrogens (tertiary/aromatic N) is 2. The molecule has 2 rings (SSSR count). The van der Waals surface area contributed by atoms with Crippen LogP contribution in [0.5, 0.6) is 0 Å². The summed E-state index contributed by atoms with van der Waals surface area (Å²) in [5.41, 5.74) is 1.74. The number of aromatic nitrogens is 2. The zero-order valence-corrected chi connectivity index (χ0v) is 12.4. The molecule has 4 nitrogen and oxygen atoms in total. The zero-order chi connectivity index (χ0) is 13.7. The lowest BCUT2D eigenvalue weighted by Crippen LogP contribution is -2.25. The van der Waals surface area contributed by atoms with Crippen LogP contribution in [-0.4, -0.2) is 22.2 Å². The standard InChI is InChI=1S/C14H16BrN3O/c1-11-5-2-3-6-13(11)14(19)16-7-4-8-18-10-12(15)9-17-18/h2-3,5-6,9-10H,4,7-8H2,1H3,(H,16,19). The van der Waals surface area contributed by atoms with Gasteiger partial charge in [0.2, 0.25) is 0 Å². The molecule has 5 heteroatoms. The van der Waals surface area contributed by atoms with Gasteiger partial charge in [-0.1, -0.05) is 18.2 Å². The molecule has 0 aliphatic carbocycles. The van der Waals surface area contributed by atoms with Crippen molar-refractivity contribution in [3.05, 3.63) is 52.3 Å². The SMILES string of the molecule is Cc1ccccc1C(=O)NCCCn1cc(Br)cn1. The molecule has 1 aromatic heterocycles. The molecular weight excluding hydrogens is 306 g/mol. The van der Waals surface area contributed by atoms with Crippen LogP contribution in [0.2, 0.25) is 0 Å². The van der Waals surface area contributed by atoms with Gasteiger partial charge >= 0.3 is 0 Å². The van der Waals surface area contributed by atoms with Gasteiger partial charge in [-0.3, -0.25) is 9.48 Å². The fraction of sp³-hybridized carbons (Fsp3) is 0.286. The maximum absolute atomic E-state index is 11.9. The maximum Gasteiger partial charge on any atom is 0.251 e. The highest BCUT2D eigenvalue weighted by Gasteiger charge is 2.06. The molecule has 0 radical (unpaired) electrons. The number of carbonyl (C=O) groups is 1. The first-order valence-corrected chi connectivity index (χ1v) is 6.98. The number of hydrogen-bond donors (Lipinski definition) is 1. The minimum absolute atomic E-state index is 0.0141. The van der Waals surface area contributed by atoms with Gasteiger partial charge in [-0.05, 0) is 40.9 Å². The molecular formula is C14H16BrN3O. The van der Waals surface area contributed by atoms with Crippen molar-refractivity contribution in [3.8, 4) is 0 Å². The Labute approximate surface area is 120 Å². The van der Waals surface area contributed by atoms with Crippen LogP contribution < -0.4 is 5.32 Å². The zero-order valence-electron chi connectivity index (χ0n) is 10.8. The van der Waals surface area contributed by atoms with Crippen molar-refractivity contribution in [2.75, 3.05) is 6.54 Å². The summed E-state index contributed by atoms with van der Waals surface area (Å²) in [6.07, 6.45) is 4.53. The Bertz CT molecular complexity index is 565. The topological polar surface area (TPSA) is 46.9 Å². The molecule has 0 fully saturated rings. The first-order valence-electron chi connectivity index (χ1n) is 6.18. The molecule has 1 heterocycles. The van der Waals surface area contributed by atoms with E-state index in [1.54, 1.807) is 6.20 Å². The third-order valence-electron chi connectivity index (χ3n) is 2.84. The van der Waals surface area contributed by atoms with E-state index in [1.807, 2.05) is 42.1 Å².